The highest BCUT2D eigenvalue weighted by molar-refractivity contribution is 8.00. The highest BCUT2D eigenvalue weighted by atomic mass is 35.5. The van der Waals surface area contributed by atoms with Crippen LogP contribution < -0.4 is 10.2 Å². The van der Waals surface area contributed by atoms with Crippen LogP contribution in [0.3, 0.4) is 0 Å². The third kappa shape index (κ3) is 6.03. The van der Waals surface area contributed by atoms with Crippen LogP contribution in [-0.4, -0.2) is 28.0 Å². The van der Waals surface area contributed by atoms with Crippen molar-refractivity contribution in [3.05, 3.63) is 95.0 Å². The zero-order valence-corrected chi connectivity index (χ0v) is 19.6. The summed E-state index contributed by atoms with van der Waals surface area (Å²) in [5, 5.41) is 3.37. The van der Waals surface area contributed by atoms with Crippen LogP contribution in [0.25, 0.3) is 0 Å². The minimum atomic E-state index is -4.31. The second-order valence-corrected chi connectivity index (χ2v) is 9.19. The van der Waals surface area contributed by atoms with Crippen molar-refractivity contribution in [3.63, 3.8) is 0 Å². The van der Waals surface area contributed by atoms with E-state index >= 15 is 0 Å². The quantitative estimate of drug-likeness (QED) is 0.377. The van der Waals surface area contributed by atoms with Crippen LogP contribution >= 0.6 is 23.4 Å². The van der Waals surface area contributed by atoms with Crippen molar-refractivity contribution in [2.24, 2.45) is 0 Å². The molecule has 0 radical (unpaired) electrons. The molecule has 0 fully saturated rings. The first-order valence-electron chi connectivity index (χ1n) is 10.2. The predicted molar refractivity (Wildman–Crippen MR) is 129 cm³/mol. The van der Waals surface area contributed by atoms with Crippen molar-refractivity contribution in [3.8, 4) is 0 Å². The Morgan fingerprint density at radius 1 is 1.18 bits per heavy atom. The van der Waals surface area contributed by atoms with Gasteiger partial charge in [-0.25, -0.2) is 0 Å². The van der Waals surface area contributed by atoms with Crippen molar-refractivity contribution in [1.82, 2.24) is 9.88 Å². The molecule has 3 aromatic rings. The van der Waals surface area contributed by atoms with Crippen LogP contribution in [0.15, 0.2) is 83.8 Å². The number of hydrogen-bond donors (Lipinski definition) is 1. The van der Waals surface area contributed by atoms with Crippen molar-refractivity contribution in [2.45, 2.75) is 23.9 Å². The molecule has 2 heterocycles. The van der Waals surface area contributed by atoms with Gasteiger partial charge in [-0.1, -0.05) is 17.7 Å². The Morgan fingerprint density at radius 2 is 1.94 bits per heavy atom. The molecule has 1 N–H and O–H groups in total. The van der Waals surface area contributed by atoms with Gasteiger partial charge in [0.15, 0.2) is 0 Å². The van der Waals surface area contributed by atoms with Crippen LogP contribution in [0.5, 0.6) is 0 Å². The number of anilines is 2. The first-order valence-corrected chi connectivity index (χ1v) is 11.4. The Hall–Kier alpha value is -3.17. The number of hydrogen-bond acceptors (Lipinski definition) is 5. The van der Waals surface area contributed by atoms with Gasteiger partial charge in [0.2, 0.25) is 0 Å². The summed E-state index contributed by atoms with van der Waals surface area (Å²) in [5.41, 5.74) is -0.635. The van der Waals surface area contributed by atoms with E-state index in [0.29, 0.717) is 29.5 Å². The average molecular weight is 505 g/mol. The molecule has 1 amide bonds. The maximum absolute atomic E-state index is 12.7. The molecule has 0 saturated carbocycles. The Kier molecular flexibility index (Phi) is 7.04. The summed E-state index contributed by atoms with van der Waals surface area (Å²) in [4.78, 5) is 21.0. The average Bonchev–Trinajstić information content (AvgIpc) is 3.14. The minimum Gasteiger partial charge on any atom is -0.351 e. The summed E-state index contributed by atoms with van der Waals surface area (Å²) in [5.74, 6) is -0.288. The molecular formula is C24H20ClF3N4OS. The van der Waals surface area contributed by atoms with Gasteiger partial charge in [0.05, 0.1) is 18.6 Å². The largest absolute Gasteiger partial charge is 0.446 e. The second-order valence-electron chi connectivity index (χ2n) is 7.62. The molecular weight excluding hydrogens is 485 g/mol. The van der Waals surface area contributed by atoms with Crippen LogP contribution in [0.4, 0.5) is 24.5 Å². The van der Waals surface area contributed by atoms with Crippen LogP contribution in [0.1, 0.15) is 22.8 Å². The van der Waals surface area contributed by atoms with Gasteiger partial charge < -0.3 is 15.1 Å². The highest BCUT2D eigenvalue weighted by Crippen LogP contribution is 2.37. The van der Waals surface area contributed by atoms with E-state index in [-0.39, 0.29) is 22.6 Å². The van der Waals surface area contributed by atoms with Gasteiger partial charge in [-0.3, -0.25) is 9.78 Å². The number of carbonyl (C=O) groups excluding carboxylic acids is 1. The maximum Gasteiger partial charge on any atom is 0.446 e. The number of nitrogens with one attached hydrogen (secondary N) is 1. The summed E-state index contributed by atoms with van der Waals surface area (Å²) >= 11 is 5.86. The van der Waals surface area contributed by atoms with Crippen LogP contribution in [-0.2, 0) is 6.54 Å². The fourth-order valence-electron chi connectivity index (χ4n) is 3.52. The lowest BCUT2D eigenvalue weighted by Crippen LogP contribution is -2.26. The number of benzene rings is 2. The van der Waals surface area contributed by atoms with Gasteiger partial charge in [-0.15, -0.1) is 0 Å². The number of pyridine rings is 1. The van der Waals surface area contributed by atoms with E-state index < -0.39 is 5.51 Å². The normalized spacial score (nSPS) is 13.7. The number of nitrogens with zero attached hydrogens (tertiary/aromatic N) is 3. The molecule has 0 saturated heterocycles. The molecule has 1 aromatic heterocycles. The highest BCUT2D eigenvalue weighted by Gasteiger charge is 2.29. The van der Waals surface area contributed by atoms with Gasteiger partial charge >= 0.3 is 5.51 Å². The van der Waals surface area contributed by atoms with E-state index in [0.717, 1.165) is 16.9 Å². The zero-order valence-electron chi connectivity index (χ0n) is 18.0. The molecule has 10 heteroatoms. The van der Waals surface area contributed by atoms with E-state index in [2.05, 4.69) is 15.2 Å². The van der Waals surface area contributed by atoms with Gasteiger partial charge in [0.1, 0.15) is 0 Å². The van der Waals surface area contributed by atoms with Crippen LogP contribution in [0.2, 0.25) is 5.02 Å². The molecule has 0 bridgehead atoms. The number of carbonyl (C=O) groups is 1. The summed E-state index contributed by atoms with van der Waals surface area (Å²) in [7, 11) is 0. The van der Waals surface area contributed by atoms with Crippen molar-refractivity contribution in [2.75, 3.05) is 16.9 Å². The molecule has 5 nitrogen and oxygen atoms in total. The molecule has 0 unspecified atom stereocenters. The molecule has 2 aromatic carbocycles. The third-order valence-electron chi connectivity index (χ3n) is 5.17. The fraction of sp³-hybridized carbons (Fsp3) is 0.167. The lowest BCUT2D eigenvalue weighted by molar-refractivity contribution is -0.0328. The van der Waals surface area contributed by atoms with Gasteiger partial charge in [0, 0.05) is 45.8 Å². The van der Waals surface area contributed by atoms with E-state index in [1.54, 1.807) is 48.8 Å². The van der Waals surface area contributed by atoms with Gasteiger partial charge in [-0.2, -0.15) is 13.2 Å². The predicted octanol–water partition coefficient (Wildman–Crippen LogP) is 6.74. The molecule has 1 aliphatic heterocycles. The molecule has 1 aliphatic rings. The number of halogens is 4. The lowest BCUT2D eigenvalue weighted by atomic mass is 10.1. The molecule has 0 aliphatic carbocycles. The summed E-state index contributed by atoms with van der Waals surface area (Å²) in [6, 6.07) is 14.8. The van der Waals surface area contributed by atoms with E-state index in [1.807, 2.05) is 24.1 Å². The fourth-order valence-corrected chi connectivity index (χ4v) is 4.25. The van der Waals surface area contributed by atoms with E-state index in [9.17, 15) is 18.0 Å². The SMILES string of the molecule is CC1=CN(c2ccc(SC(F)(F)F)cc2)CN1Cc1ccncc1NC(=O)c1cccc(Cl)c1. The molecule has 34 heavy (non-hydrogen) atoms. The Balaban J connectivity index is 1.44. The van der Waals surface area contributed by atoms with E-state index in [4.69, 9.17) is 11.6 Å². The molecule has 0 spiro atoms. The Labute approximate surface area is 204 Å². The standard InChI is InChI=1S/C24H20ClF3N4OS/c1-16-13-32(20-5-7-21(8-6-20)34-24(26,27)28)15-31(16)14-18-9-10-29-12-22(18)30-23(33)17-3-2-4-19(25)11-17/h2-13H,14-15H2,1H3,(H,30,33). The number of aromatic nitrogens is 1. The number of allylic oxidation sites excluding steroid dienone is 1. The summed E-state index contributed by atoms with van der Waals surface area (Å²) < 4.78 is 37.7. The number of rotatable bonds is 6. The monoisotopic (exact) mass is 504 g/mol. The van der Waals surface area contributed by atoms with E-state index in [1.165, 1.54) is 12.1 Å². The number of amides is 1. The Bertz CT molecular complexity index is 1220. The molecule has 176 valence electrons. The van der Waals surface area contributed by atoms with Crippen molar-refractivity contribution >= 4 is 40.6 Å². The first kappa shape index (κ1) is 24.0. The lowest BCUT2D eigenvalue weighted by Gasteiger charge is -2.24. The third-order valence-corrected chi connectivity index (χ3v) is 6.15. The topological polar surface area (TPSA) is 48.5 Å². The smallest absolute Gasteiger partial charge is 0.351 e. The Morgan fingerprint density at radius 3 is 2.65 bits per heavy atom. The van der Waals surface area contributed by atoms with Crippen molar-refractivity contribution < 1.29 is 18.0 Å². The van der Waals surface area contributed by atoms with Crippen molar-refractivity contribution in [1.29, 1.82) is 0 Å². The van der Waals surface area contributed by atoms with Crippen LogP contribution in [0, 0.1) is 0 Å². The van der Waals surface area contributed by atoms with Gasteiger partial charge in [-0.05, 0) is 72.8 Å². The molecule has 4 rings (SSSR count). The zero-order chi connectivity index (χ0) is 24.3. The minimum absolute atomic E-state index is 0.132. The number of alkyl halides is 3. The molecule has 0 atom stereocenters. The summed E-state index contributed by atoms with van der Waals surface area (Å²) in [6.07, 6.45) is 5.20. The summed E-state index contributed by atoms with van der Waals surface area (Å²) in [6.45, 7) is 2.98. The number of thioether (sulfide) groups is 1. The second kappa shape index (κ2) is 9.99. The van der Waals surface area contributed by atoms with Gasteiger partial charge in [0.25, 0.3) is 5.91 Å². The first-order chi connectivity index (χ1) is 16.2. The maximum atomic E-state index is 12.7.